The van der Waals surface area contributed by atoms with Gasteiger partial charge < -0.3 is 9.64 Å². The molecule has 2 atom stereocenters. The quantitative estimate of drug-likeness (QED) is 0.670. The number of nitrogens with zero attached hydrogens (tertiary/aromatic N) is 3. The molecule has 4 rings (SSSR count). The van der Waals surface area contributed by atoms with Crippen molar-refractivity contribution in [3.8, 4) is 0 Å². The molecule has 1 amide bonds. The molecule has 164 valence electrons. The molecule has 2 fully saturated rings. The van der Waals surface area contributed by atoms with E-state index in [-0.39, 0.29) is 11.9 Å². The number of methoxy groups -OCH3 is 1. The topological polar surface area (TPSA) is 62.7 Å². The molecule has 2 aromatic rings. The molecule has 2 aliphatic rings. The SMILES string of the molecule is COC(=O)c1ccc(CN2CC[C@H]3[C@H](CCCN3C(=O)CCc3cccnc3)C2)cc1. The Morgan fingerprint density at radius 3 is 2.68 bits per heavy atom. The summed E-state index contributed by atoms with van der Waals surface area (Å²) < 4.78 is 4.77. The number of hydrogen-bond donors (Lipinski definition) is 0. The van der Waals surface area contributed by atoms with Gasteiger partial charge in [0.25, 0.3) is 0 Å². The van der Waals surface area contributed by atoms with Crippen molar-refractivity contribution < 1.29 is 14.3 Å². The van der Waals surface area contributed by atoms with Gasteiger partial charge in [-0.2, -0.15) is 0 Å². The Hall–Kier alpha value is -2.73. The number of esters is 1. The van der Waals surface area contributed by atoms with Crippen molar-refractivity contribution in [1.29, 1.82) is 0 Å². The van der Waals surface area contributed by atoms with Crippen LogP contribution in [0.3, 0.4) is 0 Å². The Kier molecular flexibility index (Phi) is 6.97. The fourth-order valence-corrected chi connectivity index (χ4v) is 5.00. The monoisotopic (exact) mass is 421 g/mol. The number of aromatic nitrogens is 1. The fourth-order valence-electron chi connectivity index (χ4n) is 5.00. The molecular weight excluding hydrogens is 390 g/mol. The van der Waals surface area contributed by atoms with Crippen LogP contribution in [0.25, 0.3) is 0 Å². The third-order valence-corrected chi connectivity index (χ3v) is 6.60. The van der Waals surface area contributed by atoms with Gasteiger partial charge in [0.1, 0.15) is 0 Å². The first-order valence-corrected chi connectivity index (χ1v) is 11.2. The number of hydrogen-bond acceptors (Lipinski definition) is 5. The first kappa shape index (κ1) is 21.5. The highest BCUT2D eigenvalue weighted by Gasteiger charge is 2.37. The van der Waals surface area contributed by atoms with E-state index in [1.54, 1.807) is 6.20 Å². The van der Waals surface area contributed by atoms with Gasteiger partial charge in [-0.15, -0.1) is 0 Å². The standard InChI is InChI=1S/C25H31N3O3/c1-31-25(30)21-9-6-20(7-10-21)17-27-15-12-23-22(18-27)5-3-14-28(23)24(29)11-8-19-4-2-13-26-16-19/h2,4,6-7,9-10,13,16,22-23H,3,5,8,11-12,14-15,17-18H2,1H3/t22-,23+/m1/s1. The third-order valence-electron chi connectivity index (χ3n) is 6.60. The third kappa shape index (κ3) is 5.31. The highest BCUT2D eigenvalue weighted by molar-refractivity contribution is 5.89. The highest BCUT2D eigenvalue weighted by atomic mass is 16.5. The molecule has 3 heterocycles. The number of rotatable bonds is 6. The van der Waals surface area contributed by atoms with Crippen molar-refractivity contribution in [2.45, 2.75) is 44.7 Å². The van der Waals surface area contributed by atoms with E-state index in [0.29, 0.717) is 23.9 Å². The Labute approximate surface area is 184 Å². The maximum absolute atomic E-state index is 13.0. The van der Waals surface area contributed by atoms with Crippen molar-refractivity contribution in [2.75, 3.05) is 26.7 Å². The summed E-state index contributed by atoms with van der Waals surface area (Å²) >= 11 is 0. The number of ether oxygens (including phenoxy) is 1. The van der Waals surface area contributed by atoms with E-state index < -0.39 is 0 Å². The molecule has 31 heavy (non-hydrogen) atoms. The number of pyridine rings is 1. The molecule has 2 saturated heterocycles. The van der Waals surface area contributed by atoms with Crippen molar-refractivity contribution in [3.05, 3.63) is 65.5 Å². The first-order chi connectivity index (χ1) is 15.1. The molecular formula is C25H31N3O3. The number of fused-ring (bicyclic) bond motifs is 1. The minimum atomic E-state index is -0.303. The van der Waals surface area contributed by atoms with E-state index in [1.165, 1.54) is 19.1 Å². The van der Waals surface area contributed by atoms with Gasteiger partial charge in [0.2, 0.25) is 5.91 Å². The fraction of sp³-hybridized carbons (Fsp3) is 0.480. The zero-order valence-corrected chi connectivity index (χ0v) is 18.2. The van der Waals surface area contributed by atoms with Crippen LogP contribution in [-0.2, 0) is 22.5 Å². The van der Waals surface area contributed by atoms with Gasteiger partial charge >= 0.3 is 5.97 Å². The maximum atomic E-state index is 13.0. The summed E-state index contributed by atoms with van der Waals surface area (Å²) in [7, 11) is 1.40. The molecule has 0 saturated carbocycles. The Bertz CT molecular complexity index is 885. The van der Waals surface area contributed by atoms with Crippen molar-refractivity contribution in [2.24, 2.45) is 5.92 Å². The van der Waals surface area contributed by atoms with Crippen LogP contribution in [0.15, 0.2) is 48.8 Å². The minimum absolute atomic E-state index is 0.283. The Morgan fingerprint density at radius 1 is 1.10 bits per heavy atom. The molecule has 6 nitrogen and oxygen atoms in total. The summed E-state index contributed by atoms with van der Waals surface area (Å²) in [6.07, 6.45) is 8.24. The normalized spacial score (nSPS) is 21.4. The van der Waals surface area contributed by atoms with E-state index in [4.69, 9.17) is 4.74 Å². The van der Waals surface area contributed by atoms with Crippen LogP contribution in [0.5, 0.6) is 0 Å². The second-order valence-corrected chi connectivity index (χ2v) is 8.63. The van der Waals surface area contributed by atoms with Crippen molar-refractivity contribution >= 4 is 11.9 Å². The zero-order chi connectivity index (χ0) is 21.6. The predicted octanol–water partition coefficient (Wildman–Crippen LogP) is 3.31. The smallest absolute Gasteiger partial charge is 0.337 e. The lowest BCUT2D eigenvalue weighted by atomic mass is 9.83. The summed E-state index contributed by atoms with van der Waals surface area (Å²) in [5.41, 5.74) is 2.90. The van der Waals surface area contributed by atoms with Crippen LogP contribution in [0.4, 0.5) is 0 Å². The Balaban J connectivity index is 1.31. The largest absolute Gasteiger partial charge is 0.465 e. The van der Waals surface area contributed by atoms with Crippen molar-refractivity contribution in [1.82, 2.24) is 14.8 Å². The van der Waals surface area contributed by atoms with Gasteiger partial charge in [-0.05, 0) is 60.9 Å². The molecule has 0 spiro atoms. The summed E-state index contributed by atoms with van der Waals surface area (Å²) in [6.45, 7) is 3.78. The lowest BCUT2D eigenvalue weighted by Crippen LogP contribution is -2.55. The van der Waals surface area contributed by atoms with Gasteiger partial charge in [-0.25, -0.2) is 4.79 Å². The maximum Gasteiger partial charge on any atom is 0.337 e. The van der Waals surface area contributed by atoms with E-state index in [0.717, 1.165) is 51.0 Å². The summed E-state index contributed by atoms with van der Waals surface area (Å²) in [5.74, 6) is 0.521. The number of amides is 1. The molecule has 1 aromatic carbocycles. The number of aryl methyl sites for hydroxylation is 1. The van der Waals surface area contributed by atoms with E-state index in [9.17, 15) is 9.59 Å². The number of carbonyl (C=O) groups excluding carboxylic acids is 2. The number of benzene rings is 1. The van der Waals surface area contributed by atoms with E-state index in [2.05, 4.69) is 14.8 Å². The van der Waals surface area contributed by atoms with Gasteiger partial charge in [-0.1, -0.05) is 18.2 Å². The Morgan fingerprint density at radius 2 is 1.94 bits per heavy atom. The summed E-state index contributed by atoms with van der Waals surface area (Å²) in [5, 5.41) is 0. The number of likely N-dealkylation sites (tertiary alicyclic amines) is 2. The zero-order valence-electron chi connectivity index (χ0n) is 18.2. The van der Waals surface area contributed by atoms with Gasteiger partial charge in [0.15, 0.2) is 0 Å². The molecule has 2 aliphatic heterocycles. The van der Waals surface area contributed by atoms with Gasteiger partial charge in [0.05, 0.1) is 12.7 Å². The van der Waals surface area contributed by atoms with Crippen LogP contribution in [0.1, 0.15) is 47.2 Å². The van der Waals surface area contributed by atoms with E-state index >= 15 is 0 Å². The first-order valence-electron chi connectivity index (χ1n) is 11.2. The van der Waals surface area contributed by atoms with Crippen LogP contribution in [0.2, 0.25) is 0 Å². The average Bonchev–Trinajstić information content (AvgIpc) is 2.82. The molecule has 0 bridgehead atoms. The highest BCUT2D eigenvalue weighted by Crippen LogP contribution is 2.32. The second kappa shape index (κ2) is 10.1. The summed E-state index contributed by atoms with van der Waals surface area (Å²) in [6, 6.07) is 12.0. The van der Waals surface area contributed by atoms with Crippen LogP contribution in [-0.4, -0.2) is 59.4 Å². The van der Waals surface area contributed by atoms with Gasteiger partial charge in [0, 0.05) is 51.0 Å². The van der Waals surface area contributed by atoms with Crippen LogP contribution < -0.4 is 0 Å². The van der Waals surface area contributed by atoms with E-state index in [1.807, 2.05) is 42.6 Å². The molecule has 0 aliphatic carbocycles. The molecule has 6 heteroatoms. The van der Waals surface area contributed by atoms with Crippen LogP contribution >= 0.6 is 0 Å². The van der Waals surface area contributed by atoms with Gasteiger partial charge in [-0.3, -0.25) is 14.7 Å². The molecule has 0 radical (unpaired) electrons. The number of carbonyl (C=O) groups is 2. The molecule has 1 aromatic heterocycles. The molecule has 0 unspecified atom stereocenters. The second-order valence-electron chi connectivity index (χ2n) is 8.63. The predicted molar refractivity (Wildman–Crippen MR) is 118 cm³/mol. The molecule has 0 N–H and O–H groups in total. The van der Waals surface area contributed by atoms with Crippen molar-refractivity contribution in [3.63, 3.8) is 0 Å². The summed E-state index contributed by atoms with van der Waals surface area (Å²) in [4.78, 5) is 33.4. The lowest BCUT2D eigenvalue weighted by Gasteiger charge is -2.47. The lowest BCUT2D eigenvalue weighted by molar-refractivity contribution is -0.138. The van der Waals surface area contributed by atoms with Crippen LogP contribution in [0, 0.1) is 5.92 Å². The average molecular weight is 422 g/mol. The minimum Gasteiger partial charge on any atom is -0.465 e. The number of piperidine rings is 2.